The van der Waals surface area contributed by atoms with Gasteiger partial charge in [0.1, 0.15) is 11.4 Å². The second kappa shape index (κ2) is 8.49. The Morgan fingerprint density at radius 2 is 1.92 bits per heavy atom. The van der Waals surface area contributed by atoms with E-state index in [0.717, 1.165) is 13.1 Å². The molecule has 0 fully saturated rings. The molecule has 0 unspecified atom stereocenters. The van der Waals surface area contributed by atoms with E-state index in [2.05, 4.69) is 18.7 Å². The molecule has 0 aliphatic carbocycles. The van der Waals surface area contributed by atoms with Crippen molar-refractivity contribution in [1.82, 2.24) is 4.90 Å². The first kappa shape index (κ1) is 19.7. The number of carbonyl (C=O) groups is 1. The van der Waals surface area contributed by atoms with Crippen LogP contribution < -0.4 is 15.4 Å². The van der Waals surface area contributed by atoms with Gasteiger partial charge in [-0.2, -0.15) is 0 Å². The third-order valence-corrected chi connectivity index (χ3v) is 4.01. The maximum absolute atomic E-state index is 11.7. The van der Waals surface area contributed by atoms with Crippen LogP contribution in [0.15, 0.2) is 6.07 Å². The molecule has 2 N–H and O–H groups in total. The summed E-state index contributed by atoms with van der Waals surface area (Å²) < 4.78 is 5.39. The third-order valence-electron chi connectivity index (χ3n) is 4.01. The summed E-state index contributed by atoms with van der Waals surface area (Å²) in [7, 11) is 4.90. The van der Waals surface area contributed by atoms with Gasteiger partial charge < -0.3 is 20.3 Å². The van der Waals surface area contributed by atoms with Crippen LogP contribution in [0.5, 0.6) is 5.75 Å². The second-order valence-electron chi connectivity index (χ2n) is 5.60. The summed E-state index contributed by atoms with van der Waals surface area (Å²) in [5.41, 5.74) is 6.34. The topological polar surface area (TPSA) is 102 Å². The smallest absolute Gasteiger partial charge is 0.293 e. The monoisotopic (exact) mass is 338 g/mol. The van der Waals surface area contributed by atoms with E-state index in [4.69, 9.17) is 10.5 Å². The molecule has 0 aromatic heterocycles. The van der Waals surface area contributed by atoms with Crippen LogP contribution in [-0.2, 0) is 6.42 Å². The van der Waals surface area contributed by atoms with Gasteiger partial charge in [-0.1, -0.05) is 13.8 Å². The SMILES string of the molecule is CCN(CC)CCc1c(OC)c(C(N)=O)cc([N+](=O)[O-])c1N(C)C. The highest BCUT2D eigenvalue weighted by atomic mass is 16.6. The molecule has 8 heteroatoms. The summed E-state index contributed by atoms with van der Waals surface area (Å²) in [5.74, 6) is -0.437. The lowest BCUT2D eigenvalue weighted by molar-refractivity contribution is -0.384. The van der Waals surface area contributed by atoms with Gasteiger partial charge in [0.25, 0.3) is 11.6 Å². The fourth-order valence-corrected chi connectivity index (χ4v) is 2.79. The Morgan fingerprint density at radius 1 is 1.33 bits per heavy atom. The van der Waals surface area contributed by atoms with Crippen molar-refractivity contribution in [2.75, 3.05) is 45.7 Å². The summed E-state index contributed by atoms with van der Waals surface area (Å²) in [4.78, 5) is 26.6. The van der Waals surface area contributed by atoms with Crippen LogP contribution in [0.2, 0.25) is 0 Å². The summed E-state index contributed by atoms with van der Waals surface area (Å²) >= 11 is 0. The molecule has 0 aliphatic heterocycles. The minimum atomic E-state index is -0.746. The number of amides is 1. The van der Waals surface area contributed by atoms with Gasteiger partial charge in [-0.15, -0.1) is 0 Å². The van der Waals surface area contributed by atoms with Gasteiger partial charge in [-0.05, 0) is 19.5 Å². The molecule has 0 spiro atoms. The number of nitro benzene ring substituents is 1. The number of benzene rings is 1. The molecule has 0 saturated carbocycles. The second-order valence-corrected chi connectivity index (χ2v) is 5.60. The zero-order valence-electron chi connectivity index (χ0n) is 15.0. The van der Waals surface area contributed by atoms with Crippen molar-refractivity contribution in [2.45, 2.75) is 20.3 Å². The van der Waals surface area contributed by atoms with E-state index in [1.807, 2.05) is 0 Å². The molecule has 0 bridgehead atoms. The number of carbonyl (C=O) groups excluding carboxylic acids is 1. The number of ether oxygens (including phenoxy) is 1. The first-order chi connectivity index (χ1) is 11.3. The maximum Gasteiger partial charge on any atom is 0.293 e. The molecule has 134 valence electrons. The Labute approximate surface area is 142 Å². The number of likely N-dealkylation sites (N-methyl/N-ethyl adjacent to an activating group) is 1. The van der Waals surface area contributed by atoms with Gasteiger partial charge >= 0.3 is 0 Å². The lowest BCUT2D eigenvalue weighted by atomic mass is 10.00. The number of nitrogens with two attached hydrogens (primary N) is 1. The number of primary amides is 1. The van der Waals surface area contributed by atoms with E-state index in [9.17, 15) is 14.9 Å². The highest BCUT2D eigenvalue weighted by Crippen LogP contribution is 2.40. The van der Waals surface area contributed by atoms with Crippen molar-refractivity contribution in [1.29, 1.82) is 0 Å². The largest absolute Gasteiger partial charge is 0.496 e. The van der Waals surface area contributed by atoms with Gasteiger partial charge in [-0.25, -0.2) is 0 Å². The zero-order valence-corrected chi connectivity index (χ0v) is 15.0. The fraction of sp³-hybridized carbons (Fsp3) is 0.562. The standard InChI is InChI=1S/C16H26N4O4/c1-6-19(7-2)9-8-11-14(18(3)4)13(20(22)23)10-12(16(17)21)15(11)24-5/h10H,6-9H2,1-5H3,(H2,17,21). The molecule has 24 heavy (non-hydrogen) atoms. The number of anilines is 1. The van der Waals surface area contributed by atoms with Gasteiger partial charge in [0.05, 0.1) is 17.6 Å². The molecule has 0 heterocycles. The van der Waals surface area contributed by atoms with Crippen molar-refractivity contribution in [3.63, 3.8) is 0 Å². The molecule has 0 saturated heterocycles. The van der Waals surface area contributed by atoms with E-state index in [1.54, 1.807) is 19.0 Å². The van der Waals surface area contributed by atoms with Crippen molar-refractivity contribution >= 4 is 17.3 Å². The molecule has 8 nitrogen and oxygen atoms in total. The van der Waals surface area contributed by atoms with Crippen molar-refractivity contribution in [3.8, 4) is 5.75 Å². The number of nitrogens with zero attached hydrogens (tertiary/aromatic N) is 3. The van der Waals surface area contributed by atoms with Crippen LogP contribution in [0.1, 0.15) is 29.8 Å². The Bertz CT molecular complexity index is 613. The lowest BCUT2D eigenvalue weighted by Gasteiger charge is -2.24. The zero-order chi connectivity index (χ0) is 18.4. The Morgan fingerprint density at radius 3 is 2.29 bits per heavy atom. The minimum Gasteiger partial charge on any atom is -0.496 e. The Hall–Kier alpha value is -2.35. The molecule has 1 aromatic rings. The molecule has 1 rings (SSSR count). The van der Waals surface area contributed by atoms with Crippen LogP contribution in [-0.4, -0.2) is 56.6 Å². The summed E-state index contributed by atoms with van der Waals surface area (Å²) in [6, 6.07) is 1.19. The predicted molar refractivity (Wildman–Crippen MR) is 94.0 cm³/mol. The normalized spacial score (nSPS) is 10.8. The highest BCUT2D eigenvalue weighted by Gasteiger charge is 2.28. The molecular formula is C16H26N4O4. The molecule has 1 amide bonds. The molecular weight excluding hydrogens is 312 g/mol. The van der Waals surface area contributed by atoms with Crippen molar-refractivity contribution < 1.29 is 14.5 Å². The third kappa shape index (κ3) is 4.14. The van der Waals surface area contributed by atoms with E-state index in [1.165, 1.54) is 13.2 Å². The number of nitro groups is 1. The first-order valence-corrected chi connectivity index (χ1v) is 7.86. The van der Waals surface area contributed by atoms with Crippen LogP contribution in [0.25, 0.3) is 0 Å². The Kier molecular flexibility index (Phi) is 6.97. The number of hydrogen-bond acceptors (Lipinski definition) is 6. The maximum atomic E-state index is 11.7. The number of methoxy groups -OCH3 is 1. The van der Waals surface area contributed by atoms with Crippen molar-refractivity contribution in [2.24, 2.45) is 5.73 Å². The molecule has 0 radical (unpaired) electrons. The average molecular weight is 338 g/mol. The quantitative estimate of drug-likeness (QED) is 0.542. The van der Waals surface area contributed by atoms with Gasteiger partial charge in [0.15, 0.2) is 0 Å². The highest BCUT2D eigenvalue weighted by molar-refractivity contribution is 5.98. The summed E-state index contributed by atoms with van der Waals surface area (Å²) in [6.07, 6.45) is 0.514. The first-order valence-electron chi connectivity index (χ1n) is 7.86. The Balaban J connectivity index is 3.59. The van der Waals surface area contributed by atoms with E-state index in [-0.39, 0.29) is 11.3 Å². The summed E-state index contributed by atoms with van der Waals surface area (Å²) in [5, 5.41) is 11.5. The van der Waals surface area contributed by atoms with Gasteiger partial charge in [-0.3, -0.25) is 14.9 Å². The van der Waals surface area contributed by atoms with Crippen LogP contribution in [0.4, 0.5) is 11.4 Å². The van der Waals surface area contributed by atoms with Crippen molar-refractivity contribution in [3.05, 3.63) is 27.3 Å². The van der Waals surface area contributed by atoms with Crippen LogP contribution in [0, 0.1) is 10.1 Å². The molecule has 1 aromatic carbocycles. The molecule has 0 atom stereocenters. The fourth-order valence-electron chi connectivity index (χ4n) is 2.79. The van der Waals surface area contributed by atoms with Gasteiger partial charge in [0.2, 0.25) is 0 Å². The molecule has 0 aliphatic rings. The van der Waals surface area contributed by atoms with E-state index >= 15 is 0 Å². The number of rotatable bonds is 9. The lowest BCUT2D eigenvalue weighted by Crippen LogP contribution is -2.27. The minimum absolute atomic E-state index is 0.0318. The average Bonchev–Trinajstić information content (AvgIpc) is 2.53. The van der Waals surface area contributed by atoms with Crippen LogP contribution in [0.3, 0.4) is 0 Å². The summed E-state index contributed by atoms with van der Waals surface area (Å²) in [6.45, 7) is 6.54. The number of hydrogen-bond donors (Lipinski definition) is 1. The van der Waals surface area contributed by atoms with E-state index < -0.39 is 10.8 Å². The van der Waals surface area contributed by atoms with Crippen LogP contribution >= 0.6 is 0 Å². The van der Waals surface area contributed by atoms with Gasteiger partial charge in [0, 0.05) is 32.3 Å². The predicted octanol–water partition coefficient (Wildman–Crippen LogP) is 1.65. The van der Waals surface area contributed by atoms with E-state index in [0.29, 0.717) is 30.0 Å².